The first-order valence-electron chi connectivity index (χ1n) is 16.7. The first-order valence-corrected chi connectivity index (χ1v) is 16.7. The van der Waals surface area contributed by atoms with Gasteiger partial charge in [-0.2, -0.15) is 0 Å². The topological polar surface area (TPSA) is 150 Å². The highest BCUT2D eigenvalue weighted by Crippen LogP contribution is 2.14. The molecular weight excluding hydrogens is 596 g/mol. The maximum absolute atomic E-state index is 12.2. The fourth-order valence-electron chi connectivity index (χ4n) is 6.25. The Morgan fingerprint density at radius 1 is 0.723 bits per heavy atom. The van der Waals surface area contributed by atoms with Crippen molar-refractivity contribution in [2.45, 2.75) is 49.2 Å². The van der Waals surface area contributed by atoms with Gasteiger partial charge >= 0.3 is 0 Å². The van der Waals surface area contributed by atoms with Crippen molar-refractivity contribution in [1.82, 2.24) is 35.6 Å². The lowest BCUT2D eigenvalue weighted by atomic mass is 10.00. The summed E-state index contributed by atoms with van der Waals surface area (Å²) in [5.74, 6) is -0.00167. The monoisotopic (exact) mass is 654 g/mol. The lowest BCUT2D eigenvalue weighted by Crippen LogP contribution is -2.60. The summed E-state index contributed by atoms with van der Waals surface area (Å²) in [7, 11) is 9.21. The van der Waals surface area contributed by atoms with Crippen molar-refractivity contribution in [1.29, 1.82) is 0 Å². The van der Waals surface area contributed by atoms with Gasteiger partial charge in [0.15, 0.2) is 0 Å². The Hall–Kier alpha value is -2.94. The van der Waals surface area contributed by atoms with Gasteiger partial charge in [0.05, 0.1) is 12.2 Å². The van der Waals surface area contributed by atoms with Crippen LogP contribution in [0.3, 0.4) is 0 Å². The van der Waals surface area contributed by atoms with Crippen LogP contribution in [-0.4, -0.2) is 166 Å². The van der Waals surface area contributed by atoms with Gasteiger partial charge in [-0.3, -0.25) is 19.4 Å². The average Bonchev–Trinajstić information content (AvgIpc) is 3.09. The van der Waals surface area contributed by atoms with E-state index in [2.05, 4.69) is 42.8 Å². The fraction of sp³-hybridized carbons (Fsp3) is 0.600. The van der Waals surface area contributed by atoms with Crippen LogP contribution in [0.2, 0.25) is 0 Å². The molecule has 2 heterocycles. The number of aliphatic hydroxyl groups excluding tert-OH is 2. The van der Waals surface area contributed by atoms with E-state index in [9.17, 15) is 19.8 Å². The molecule has 47 heavy (non-hydrogen) atoms. The van der Waals surface area contributed by atoms with Gasteiger partial charge in [-0.05, 0) is 45.1 Å². The third-order valence-electron chi connectivity index (χ3n) is 9.27. The van der Waals surface area contributed by atoms with E-state index in [1.807, 2.05) is 74.6 Å². The Bertz CT molecular complexity index is 1190. The van der Waals surface area contributed by atoms with Crippen LogP contribution in [0, 0.1) is 0 Å². The summed E-state index contributed by atoms with van der Waals surface area (Å²) < 4.78 is 0. The Balaban J connectivity index is 0.000000256. The molecule has 4 rings (SSSR count). The average molecular weight is 655 g/mol. The lowest BCUT2D eigenvalue weighted by Gasteiger charge is -2.40. The summed E-state index contributed by atoms with van der Waals surface area (Å²) in [5, 5.41) is 29.8. The number of β-amino-alcohol motifs (C(OH)–C–C–N with tert-alkyl or cyclic N) is 2. The molecule has 2 fully saturated rings. The third-order valence-corrected chi connectivity index (χ3v) is 9.27. The number of carbonyl (C=O) groups is 2. The van der Waals surface area contributed by atoms with Gasteiger partial charge in [0, 0.05) is 78.5 Å². The van der Waals surface area contributed by atoms with Crippen LogP contribution in [0.4, 0.5) is 0 Å². The van der Waals surface area contributed by atoms with Gasteiger partial charge in [-0.1, -0.05) is 60.7 Å². The number of carbonyl (C=O) groups excluding carboxylic acids is 2. The zero-order valence-corrected chi connectivity index (χ0v) is 28.9. The first-order chi connectivity index (χ1) is 22.6. The van der Waals surface area contributed by atoms with Crippen molar-refractivity contribution in [3.63, 3.8) is 0 Å². The second kappa shape index (κ2) is 19.8. The van der Waals surface area contributed by atoms with Crippen LogP contribution in [0.1, 0.15) is 11.1 Å². The highest BCUT2D eigenvalue weighted by Gasteiger charge is 2.34. The van der Waals surface area contributed by atoms with Gasteiger partial charge in [-0.15, -0.1) is 0 Å². The molecule has 2 aliphatic rings. The molecule has 6 unspecified atom stereocenters. The molecular formula is C35H58N8O4. The molecule has 6 atom stereocenters. The normalized spacial score (nSPS) is 22.3. The molecule has 0 spiro atoms. The molecule has 2 amide bonds. The summed E-state index contributed by atoms with van der Waals surface area (Å²) in [6.45, 7) is 5.59. The number of piperazine rings is 2. The van der Waals surface area contributed by atoms with Gasteiger partial charge in [-0.25, -0.2) is 0 Å². The zero-order chi connectivity index (χ0) is 34.3. The summed E-state index contributed by atoms with van der Waals surface area (Å²) in [6, 6.07) is 19.2. The molecule has 2 aromatic rings. The summed E-state index contributed by atoms with van der Waals surface area (Å²) in [5.41, 5.74) is 8.46. The SMILES string of the molecule is CNC(=O)C1CN(C)CCN1CC(O)C(Cc1ccccc1)NC.CNC(=O)C1CN(C)CCN1CC(O)C(N)Cc1ccccc1. The van der Waals surface area contributed by atoms with Crippen LogP contribution in [0.25, 0.3) is 0 Å². The molecule has 2 aromatic carbocycles. The van der Waals surface area contributed by atoms with E-state index in [0.29, 0.717) is 32.6 Å². The van der Waals surface area contributed by atoms with Gasteiger partial charge in [0.1, 0.15) is 12.1 Å². The summed E-state index contributed by atoms with van der Waals surface area (Å²) in [4.78, 5) is 32.6. The van der Waals surface area contributed by atoms with E-state index in [1.54, 1.807) is 14.1 Å². The van der Waals surface area contributed by atoms with E-state index >= 15 is 0 Å². The Kier molecular flexibility index (Phi) is 16.2. The number of rotatable bonds is 13. The highest BCUT2D eigenvalue weighted by molar-refractivity contribution is 5.82. The second-order valence-electron chi connectivity index (χ2n) is 12.8. The molecule has 2 aliphatic heterocycles. The van der Waals surface area contributed by atoms with Gasteiger partial charge in [0.2, 0.25) is 11.8 Å². The standard InChI is InChI=1S/C18H30N4O2.C17H28N4O2/c1-19-15(11-14-7-5-4-6-8-14)17(23)13-22-10-9-21(3)12-16(22)18(24)20-2;1-19-17(23)15-11-20(2)8-9-21(15)12-16(22)14(18)10-13-6-4-3-5-7-13/h4-8,15-17,19,23H,9-13H2,1-3H3,(H,20,24);3-7,14-16,22H,8-12,18H2,1-2H3,(H,19,23). The number of nitrogens with zero attached hydrogens (tertiary/aromatic N) is 4. The largest absolute Gasteiger partial charge is 0.390 e. The fourth-order valence-corrected chi connectivity index (χ4v) is 6.25. The number of likely N-dealkylation sites (N-methyl/N-ethyl adjacent to an activating group) is 5. The van der Waals surface area contributed by atoms with E-state index < -0.39 is 12.2 Å². The minimum atomic E-state index is -0.661. The van der Waals surface area contributed by atoms with Crippen molar-refractivity contribution in [2.24, 2.45) is 5.73 Å². The molecule has 0 saturated carbocycles. The van der Waals surface area contributed by atoms with Crippen LogP contribution >= 0.6 is 0 Å². The quantitative estimate of drug-likeness (QED) is 0.156. The first kappa shape index (κ1) is 38.5. The number of nitrogens with one attached hydrogen (secondary N) is 3. The van der Waals surface area contributed by atoms with Crippen molar-refractivity contribution < 1.29 is 19.8 Å². The number of hydrogen-bond acceptors (Lipinski definition) is 10. The number of hydrogen-bond donors (Lipinski definition) is 6. The summed E-state index contributed by atoms with van der Waals surface area (Å²) in [6.07, 6.45) is 0.189. The minimum absolute atomic E-state index is 0.0119. The van der Waals surface area contributed by atoms with E-state index in [4.69, 9.17) is 5.73 Å². The predicted octanol–water partition coefficient (Wildman–Crippen LogP) is -1.18. The maximum Gasteiger partial charge on any atom is 0.238 e. The second-order valence-corrected chi connectivity index (χ2v) is 12.8. The molecule has 2 saturated heterocycles. The van der Waals surface area contributed by atoms with Crippen LogP contribution < -0.4 is 21.7 Å². The number of aliphatic hydroxyl groups is 2. The Labute approximate surface area is 281 Å². The van der Waals surface area contributed by atoms with Crippen LogP contribution in [0.15, 0.2) is 60.7 Å². The lowest BCUT2D eigenvalue weighted by molar-refractivity contribution is -0.129. The van der Waals surface area contributed by atoms with Crippen LogP contribution in [-0.2, 0) is 22.4 Å². The van der Waals surface area contributed by atoms with Crippen molar-refractivity contribution in [2.75, 3.05) is 87.6 Å². The summed E-state index contributed by atoms with van der Waals surface area (Å²) >= 11 is 0. The van der Waals surface area contributed by atoms with Gasteiger partial charge < -0.3 is 41.7 Å². The zero-order valence-electron chi connectivity index (χ0n) is 28.9. The molecule has 7 N–H and O–H groups in total. The van der Waals surface area contributed by atoms with E-state index in [0.717, 1.165) is 38.2 Å². The minimum Gasteiger partial charge on any atom is -0.390 e. The molecule has 12 heteroatoms. The van der Waals surface area contributed by atoms with Gasteiger partial charge in [0.25, 0.3) is 0 Å². The van der Waals surface area contributed by atoms with Crippen molar-refractivity contribution >= 4 is 11.8 Å². The highest BCUT2D eigenvalue weighted by atomic mass is 16.3. The molecule has 0 aromatic heterocycles. The third kappa shape index (κ3) is 12.2. The molecule has 0 radical (unpaired) electrons. The Morgan fingerprint density at radius 3 is 1.57 bits per heavy atom. The Morgan fingerprint density at radius 2 is 1.15 bits per heavy atom. The van der Waals surface area contributed by atoms with Crippen LogP contribution in [0.5, 0.6) is 0 Å². The molecule has 0 bridgehead atoms. The van der Waals surface area contributed by atoms with E-state index in [1.165, 1.54) is 5.56 Å². The number of benzene rings is 2. The van der Waals surface area contributed by atoms with Crippen molar-refractivity contribution in [3.8, 4) is 0 Å². The predicted molar refractivity (Wildman–Crippen MR) is 187 cm³/mol. The smallest absolute Gasteiger partial charge is 0.238 e. The molecule has 0 aliphatic carbocycles. The molecule has 12 nitrogen and oxygen atoms in total. The number of nitrogens with two attached hydrogens (primary N) is 1. The van der Waals surface area contributed by atoms with Crippen molar-refractivity contribution in [3.05, 3.63) is 71.8 Å². The molecule has 262 valence electrons. The maximum atomic E-state index is 12.2. The number of amides is 2. The van der Waals surface area contributed by atoms with E-state index in [-0.39, 0.29) is 36.0 Å².